The second-order valence-corrected chi connectivity index (χ2v) is 4.84. The van der Waals surface area contributed by atoms with Crippen molar-refractivity contribution in [2.45, 2.75) is 13.8 Å². The van der Waals surface area contributed by atoms with Gasteiger partial charge in [-0.05, 0) is 32.0 Å². The maximum absolute atomic E-state index is 12.2. The fourth-order valence-corrected chi connectivity index (χ4v) is 1.92. The molecule has 1 aliphatic rings. The lowest BCUT2D eigenvalue weighted by atomic mass is 9.91. The molecule has 5 heteroatoms. The smallest absolute Gasteiger partial charge is 0.241 e. The second kappa shape index (κ2) is 3.94. The average Bonchev–Trinajstić information content (AvgIpc) is 2.41. The van der Waals surface area contributed by atoms with E-state index in [0.717, 1.165) is 0 Å². The molecule has 1 N–H and O–H groups in total. The van der Waals surface area contributed by atoms with Crippen molar-refractivity contribution in [3.8, 4) is 0 Å². The van der Waals surface area contributed by atoms with Crippen molar-refractivity contribution < 1.29 is 14.4 Å². The van der Waals surface area contributed by atoms with Crippen molar-refractivity contribution in [3.63, 3.8) is 0 Å². The number of nitrogens with one attached hydrogen (secondary N) is 1. The third kappa shape index (κ3) is 1.68. The number of aldehydes is 1. The first-order valence-corrected chi connectivity index (χ1v) is 5.57. The van der Waals surface area contributed by atoms with E-state index in [1.165, 1.54) is 4.90 Å². The molecule has 2 rings (SSSR count). The van der Waals surface area contributed by atoms with Gasteiger partial charge in [-0.1, -0.05) is 0 Å². The number of hydrogen-bond donors (Lipinski definition) is 1. The first-order chi connectivity index (χ1) is 8.37. The predicted octanol–water partition coefficient (Wildman–Crippen LogP) is 1.44. The van der Waals surface area contributed by atoms with Crippen molar-refractivity contribution in [2.24, 2.45) is 5.41 Å². The largest absolute Gasteiger partial charge is 0.323 e. The number of carbonyl (C=O) groups excluding carboxylic acids is 3. The summed E-state index contributed by atoms with van der Waals surface area (Å²) in [4.78, 5) is 36.4. The second-order valence-electron chi connectivity index (χ2n) is 4.84. The van der Waals surface area contributed by atoms with Crippen LogP contribution in [0.5, 0.6) is 0 Å². The molecule has 1 aromatic carbocycles. The van der Waals surface area contributed by atoms with Crippen LogP contribution in [0.3, 0.4) is 0 Å². The van der Waals surface area contributed by atoms with E-state index in [1.54, 1.807) is 39.1 Å². The molecule has 0 saturated carbocycles. The highest BCUT2D eigenvalue weighted by Gasteiger charge is 2.41. The summed E-state index contributed by atoms with van der Waals surface area (Å²) in [7, 11) is 1.61. The van der Waals surface area contributed by atoms with Crippen LogP contribution < -0.4 is 10.2 Å². The van der Waals surface area contributed by atoms with Gasteiger partial charge in [-0.25, -0.2) is 0 Å². The molecule has 2 amide bonds. The normalized spacial score (nSPS) is 17.8. The SMILES string of the molecule is CN1C(=O)C(C)(C)C(=O)Nc2cc(C=O)ccc21. The molecule has 1 aromatic rings. The van der Waals surface area contributed by atoms with Gasteiger partial charge in [0.05, 0.1) is 11.4 Å². The summed E-state index contributed by atoms with van der Waals surface area (Å²) in [6.45, 7) is 3.15. The number of fused-ring (bicyclic) bond motifs is 1. The standard InChI is InChI=1S/C13H14N2O3/c1-13(2)11(17)14-9-6-8(7-16)4-5-10(9)15(3)12(13)18/h4-7H,1-3H3,(H,14,17). The first-order valence-electron chi connectivity index (χ1n) is 5.57. The van der Waals surface area contributed by atoms with Crippen LogP contribution in [0.15, 0.2) is 18.2 Å². The highest BCUT2D eigenvalue weighted by atomic mass is 16.2. The average molecular weight is 246 g/mol. The summed E-state index contributed by atoms with van der Waals surface area (Å²) in [5.74, 6) is -0.654. The molecule has 0 aliphatic carbocycles. The monoisotopic (exact) mass is 246 g/mol. The molecule has 1 aliphatic heterocycles. The zero-order valence-electron chi connectivity index (χ0n) is 10.5. The van der Waals surface area contributed by atoms with Crippen LogP contribution in [0.2, 0.25) is 0 Å². The van der Waals surface area contributed by atoms with Gasteiger partial charge in [0.1, 0.15) is 11.7 Å². The van der Waals surface area contributed by atoms with Gasteiger partial charge < -0.3 is 10.2 Å². The number of nitrogens with zero attached hydrogens (tertiary/aromatic N) is 1. The number of rotatable bonds is 1. The lowest BCUT2D eigenvalue weighted by Crippen LogP contribution is -2.43. The first kappa shape index (κ1) is 12.3. The Morgan fingerprint density at radius 1 is 1.28 bits per heavy atom. The molecule has 94 valence electrons. The molecule has 0 fully saturated rings. The molecule has 5 nitrogen and oxygen atoms in total. The van der Waals surface area contributed by atoms with Crippen LogP contribution in [0, 0.1) is 5.41 Å². The van der Waals surface area contributed by atoms with E-state index < -0.39 is 5.41 Å². The van der Waals surface area contributed by atoms with Gasteiger partial charge in [0.15, 0.2) is 0 Å². The van der Waals surface area contributed by atoms with E-state index in [1.807, 2.05) is 0 Å². The van der Waals surface area contributed by atoms with Crippen LogP contribution in [0.1, 0.15) is 24.2 Å². The van der Waals surface area contributed by atoms with Gasteiger partial charge >= 0.3 is 0 Å². The number of anilines is 2. The van der Waals surface area contributed by atoms with E-state index in [4.69, 9.17) is 0 Å². The third-order valence-electron chi connectivity index (χ3n) is 3.17. The van der Waals surface area contributed by atoms with E-state index in [-0.39, 0.29) is 11.8 Å². The van der Waals surface area contributed by atoms with Crippen molar-refractivity contribution >= 4 is 29.5 Å². The topological polar surface area (TPSA) is 66.5 Å². The van der Waals surface area contributed by atoms with Crippen molar-refractivity contribution in [3.05, 3.63) is 23.8 Å². The molecule has 0 aromatic heterocycles. The molecular formula is C13H14N2O3. The summed E-state index contributed by atoms with van der Waals surface area (Å²) in [5.41, 5.74) is 0.389. The Hall–Kier alpha value is -2.17. The Bertz CT molecular complexity index is 549. The summed E-state index contributed by atoms with van der Waals surface area (Å²) in [6, 6.07) is 4.82. The fraction of sp³-hybridized carbons (Fsp3) is 0.308. The Labute approximate surface area is 105 Å². The zero-order valence-corrected chi connectivity index (χ0v) is 10.5. The molecule has 0 atom stereocenters. The number of carbonyl (C=O) groups is 3. The molecule has 0 saturated heterocycles. The predicted molar refractivity (Wildman–Crippen MR) is 67.7 cm³/mol. The Morgan fingerprint density at radius 3 is 2.56 bits per heavy atom. The molecule has 0 bridgehead atoms. The molecule has 0 unspecified atom stereocenters. The minimum Gasteiger partial charge on any atom is -0.323 e. The van der Waals surface area contributed by atoms with E-state index >= 15 is 0 Å². The minimum atomic E-state index is -1.13. The quantitative estimate of drug-likeness (QED) is 0.602. The molecule has 1 heterocycles. The summed E-state index contributed by atoms with van der Waals surface area (Å²) < 4.78 is 0. The lowest BCUT2D eigenvalue weighted by Gasteiger charge is -2.23. The van der Waals surface area contributed by atoms with E-state index in [9.17, 15) is 14.4 Å². The van der Waals surface area contributed by atoms with Gasteiger partial charge in [-0.2, -0.15) is 0 Å². The van der Waals surface area contributed by atoms with Gasteiger partial charge in [0.2, 0.25) is 11.8 Å². The Balaban J connectivity index is 2.60. The van der Waals surface area contributed by atoms with Gasteiger partial charge in [0, 0.05) is 12.6 Å². The van der Waals surface area contributed by atoms with Crippen LogP contribution in [0.25, 0.3) is 0 Å². The molecular weight excluding hydrogens is 232 g/mol. The highest BCUT2D eigenvalue weighted by molar-refractivity contribution is 6.19. The van der Waals surface area contributed by atoms with Gasteiger partial charge in [-0.15, -0.1) is 0 Å². The Morgan fingerprint density at radius 2 is 1.94 bits per heavy atom. The van der Waals surface area contributed by atoms with E-state index in [2.05, 4.69) is 5.32 Å². The van der Waals surface area contributed by atoms with Crippen LogP contribution in [0.4, 0.5) is 11.4 Å². The highest BCUT2D eigenvalue weighted by Crippen LogP contribution is 2.34. The van der Waals surface area contributed by atoms with Crippen LogP contribution in [-0.4, -0.2) is 25.1 Å². The van der Waals surface area contributed by atoms with Crippen molar-refractivity contribution in [2.75, 3.05) is 17.3 Å². The zero-order chi connectivity index (χ0) is 13.5. The molecule has 0 spiro atoms. The lowest BCUT2D eigenvalue weighted by molar-refractivity contribution is -0.136. The molecule has 0 radical (unpaired) electrons. The molecule has 18 heavy (non-hydrogen) atoms. The van der Waals surface area contributed by atoms with Gasteiger partial charge in [-0.3, -0.25) is 14.4 Å². The van der Waals surface area contributed by atoms with Crippen molar-refractivity contribution in [1.29, 1.82) is 0 Å². The summed E-state index contributed by atoms with van der Waals surface area (Å²) >= 11 is 0. The number of amides is 2. The van der Waals surface area contributed by atoms with Crippen molar-refractivity contribution in [1.82, 2.24) is 0 Å². The summed E-state index contributed by atoms with van der Waals surface area (Å²) in [6.07, 6.45) is 0.699. The Kier molecular flexibility index (Phi) is 2.69. The fourth-order valence-electron chi connectivity index (χ4n) is 1.92. The number of benzene rings is 1. The minimum absolute atomic E-state index is 0.280. The van der Waals surface area contributed by atoms with E-state index in [0.29, 0.717) is 23.2 Å². The maximum atomic E-state index is 12.2. The van der Waals surface area contributed by atoms with Gasteiger partial charge in [0.25, 0.3) is 0 Å². The van der Waals surface area contributed by atoms with Crippen LogP contribution >= 0.6 is 0 Å². The third-order valence-corrected chi connectivity index (χ3v) is 3.17. The number of hydrogen-bond acceptors (Lipinski definition) is 3. The van der Waals surface area contributed by atoms with Crippen LogP contribution in [-0.2, 0) is 9.59 Å². The summed E-state index contributed by atoms with van der Waals surface area (Å²) in [5, 5.41) is 2.69. The maximum Gasteiger partial charge on any atom is 0.241 e.